The van der Waals surface area contributed by atoms with Crippen LogP contribution in [0.25, 0.3) is 0 Å². The van der Waals surface area contributed by atoms with E-state index in [-0.39, 0.29) is 36.9 Å². The van der Waals surface area contributed by atoms with E-state index in [4.69, 9.17) is 17.3 Å². The molecule has 2 unspecified atom stereocenters. The van der Waals surface area contributed by atoms with Gasteiger partial charge < -0.3 is 5.73 Å². The van der Waals surface area contributed by atoms with E-state index in [1.54, 1.807) is 6.20 Å². The fraction of sp³-hybridized carbons (Fsp3) is 0.250. The largest absolute Gasteiger partial charge is 0.326 e. The summed E-state index contributed by atoms with van der Waals surface area (Å²) in [5.41, 5.74) is 7.01. The van der Waals surface area contributed by atoms with Gasteiger partial charge in [0.2, 0.25) is 0 Å². The zero-order valence-corrected chi connectivity index (χ0v) is 12.3. The van der Waals surface area contributed by atoms with Gasteiger partial charge in [0.15, 0.2) is 0 Å². The molecule has 1 aromatic carbocycles. The van der Waals surface area contributed by atoms with Gasteiger partial charge in [0.05, 0.1) is 6.04 Å². The van der Waals surface area contributed by atoms with Crippen molar-refractivity contribution < 1.29 is 0 Å². The summed E-state index contributed by atoms with van der Waals surface area (Å²) in [5.74, 6) is 0. The van der Waals surface area contributed by atoms with Crippen molar-refractivity contribution in [2.24, 2.45) is 5.73 Å². The molecule has 2 atom stereocenters. The Labute approximate surface area is 124 Å². The van der Waals surface area contributed by atoms with Crippen molar-refractivity contribution in [1.82, 2.24) is 9.78 Å². The second-order valence-electron chi connectivity index (χ2n) is 3.81. The predicted octanol–water partition coefficient (Wildman–Crippen LogP) is 3.32. The summed E-state index contributed by atoms with van der Waals surface area (Å²) in [4.78, 5) is 0. The molecule has 3 nitrogen and oxygen atoms in total. The van der Waals surface area contributed by atoms with Gasteiger partial charge in [-0.25, -0.2) is 0 Å². The zero-order valence-electron chi connectivity index (χ0n) is 9.86. The van der Waals surface area contributed by atoms with Crippen molar-refractivity contribution in [2.75, 3.05) is 0 Å². The van der Waals surface area contributed by atoms with Crippen LogP contribution in [0.4, 0.5) is 0 Å². The number of benzene rings is 1. The Morgan fingerprint density at radius 3 is 2.39 bits per heavy atom. The van der Waals surface area contributed by atoms with Crippen LogP contribution in [-0.2, 0) is 0 Å². The highest BCUT2D eigenvalue weighted by Crippen LogP contribution is 2.27. The van der Waals surface area contributed by atoms with E-state index >= 15 is 0 Å². The summed E-state index contributed by atoms with van der Waals surface area (Å²) >= 11 is 6.18. The molecule has 2 aromatic rings. The summed E-state index contributed by atoms with van der Waals surface area (Å²) in [6, 6.07) is 9.52. The lowest BCUT2D eigenvalue weighted by molar-refractivity contribution is 0.454. The number of nitrogens with two attached hydrogens (primary N) is 1. The molecule has 0 aliphatic rings. The SMILES string of the molecule is CC(N)C(c1ccccc1Cl)n1cccn1.Cl.Cl. The minimum atomic E-state index is -0.0557. The molecule has 0 saturated heterocycles. The van der Waals surface area contributed by atoms with Gasteiger partial charge in [-0.3, -0.25) is 4.68 Å². The Morgan fingerprint density at radius 1 is 1.22 bits per heavy atom. The summed E-state index contributed by atoms with van der Waals surface area (Å²) in [5, 5.41) is 4.96. The molecule has 18 heavy (non-hydrogen) atoms. The molecule has 6 heteroatoms. The van der Waals surface area contributed by atoms with E-state index in [2.05, 4.69) is 5.10 Å². The highest BCUT2D eigenvalue weighted by atomic mass is 35.5. The van der Waals surface area contributed by atoms with E-state index in [1.807, 2.05) is 48.1 Å². The molecule has 1 aromatic heterocycles. The lowest BCUT2D eigenvalue weighted by atomic mass is 10.0. The van der Waals surface area contributed by atoms with Gasteiger partial charge in [-0.1, -0.05) is 29.8 Å². The average molecular weight is 309 g/mol. The molecule has 0 radical (unpaired) electrons. The zero-order chi connectivity index (χ0) is 11.5. The number of aromatic nitrogens is 2. The van der Waals surface area contributed by atoms with E-state index < -0.39 is 0 Å². The number of nitrogens with zero attached hydrogens (tertiary/aromatic N) is 2. The lowest BCUT2D eigenvalue weighted by Gasteiger charge is -2.22. The first-order valence-electron chi connectivity index (χ1n) is 5.19. The summed E-state index contributed by atoms with van der Waals surface area (Å²) in [7, 11) is 0. The number of halogens is 3. The second-order valence-corrected chi connectivity index (χ2v) is 4.22. The van der Waals surface area contributed by atoms with Crippen molar-refractivity contribution >= 4 is 36.4 Å². The lowest BCUT2D eigenvalue weighted by Crippen LogP contribution is -2.30. The normalized spacial score (nSPS) is 13.1. The van der Waals surface area contributed by atoms with Crippen molar-refractivity contribution in [3.05, 3.63) is 53.3 Å². The molecule has 2 rings (SSSR count). The summed E-state index contributed by atoms with van der Waals surface area (Å²) < 4.78 is 1.84. The molecule has 0 spiro atoms. The first kappa shape index (κ1) is 17.3. The fourth-order valence-electron chi connectivity index (χ4n) is 1.83. The first-order valence-corrected chi connectivity index (χ1v) is 5.57. The van der Waals surface area contributed by atoms with Crippen molar-refractivity contribution in [2.45, 2.75) is 19.0 Å². The van der Waals surface area contributed by atoms with Crippen LogP contribution in [0.1, 0.15) is 18.5 Å². The maximum atomic E-state index is 6.18. The van der Waals surface area contributed by atoms with Gasteiger partial charge in [-0.2, -0.15) is 5.10 Å². The summed E-state index contributed by atoms with van der Waals surface area (Å²) in [6.07, 6.45) is 3.64. The van der Waals surface area contributed by atoms with Crippen LogP contribution in [-0.4, -0.2) is 15.8 Å². The van der Waals surface area contributed by atoms with Gasteiger partial charge >= 0.3 is 0 Å². The maximum absolute atomic E-state index is 6.18. The topological polar surface area (TPSA) is 43.8 Å². The summed E-state index contributed by atoms with van der Waals surface area (Å²) in [6.45, 7) is 1.95. The second kappa shape index (κ2) is 7.64. The third-order valence-electron chi connectivity index (χ3n) is 2.53. The minimum absolute atomic E-state index is 0. The van der Waals surface area contributed by atoms with Crippen LogP contribution < -0.4 is 5.73 Å². The smallest absolute Gasteiger partial charge is 0.0930 e. The molecular weight excluding hydrogens is 293 g/mol. The molecule has 0 fully saturated rings. The van der Waals surface area contributed by atoms with Crippen molar-refractivity contribution in [1.29, 1.82) is 0 Å². The number of hydrogen-bond acceptors (Lipinski definition) is 2. The molecular formula is C12H16Cl3N3. The standard InChI is InChI=1S/C12H14ClN3.2ClH/c1-9(14)12(16-8-4-7-15-16)10-5-2-3-6-11(10)13;;/h2-9,12H,14H2,1H3;2*1H. The quantitative estimate of drug-likeness (QED) is 0.945. The molecule has 0 aliphatic carbocycles. The Kier molecular flexibility index (Phi) is 7.33. The van der Waals surface area contributed by atoms with Gasteiger partial charge in [-0.05, 0) is 24.6 Å². The monoisotopic (exact) mass is 307 g/mol. The Balaban J connectivity index is 0.00000144. The molecule has 0 saturated carbocycles. The molecule has 0 bridgehead atoms. The van der Waals surface area contributed by atoms with Gasteiger partial charge in [0.1, 0.15) is 0 Å². The van der Waals surface area contributed by atoms with Gasteiger partial charge in [0.25, 0.3) is 0 Å². The van der Waals surface area contributed by atoms with Crippen LogP contribution in [0.15, 0.2) is 42.7 Å². The minimum Gasteiger partial charge on any atom is -0.326 e. The third kappa shape index (κ3) is 3.62. The third-order valence-corrected chi connectivity index (χ3v) is 2.88. The van der Waals surface area contributed by atoms with Crippen molar-refractivity contribution in [3.8, 4) is 0 Å². The van der Waals surface area contributed by atoms with E-state index in [0.29, 0.717) is 0 Å². The highest BCUT2D eigenvalue weighted by Gasteiger charge is 2.20. The van der Waals surface area contributed by atoms with E-state index in [0.717, 1.165) is 10.6 Å². The highest BCUT2D eigenvalue weighted by molar-refractivity contribution is 6.31. The molecule has 1 heterocycles. The van der Waals surface area contributed by atoms with Crippen LogP contribution >= 0.6 is 36.4 Å². The maximum Gasteiger partial charge on any atom is 0.0930 e. The molecule has 0 aliphatic heterocycles. The van der Waals surface area contributed by atoms with Crippen LogP contribution in [0.2, 0.25) is 5.02 Å². The van der Waals surface area contributed by atoms with E-state index in [1.165, 1.54) is 0 Å². The van der Waals surface area contributed by atoms with Crippen molar-refractivity contribution in [3.63, 3.8) is 0 Å². The number of hydrogen-bond donors (Lipinski definition) is 1. The Morgan fingerprint density at radius 2 is 1.89 bits per heavy atom. The van der Waals surface area contributed by atoms with Gasteiger partial charge in [-0.15, -0.1) is 24.8 Å². The van der Waals surface area contributed by atoms with Gasteiger partial charge in [0, 0.05) is 23.5 Å². The predicted molar refractivity (Wildman–Crippen MR) is 80.0 cm³/mol. The van der Waals surface area contributed by atoms with Crippen LogP contribution in [0, 0.1) is 0 Å². The number of rotatable bonds is 3. The molecule has 100 valence electrons. The average Bonchev–Trinajstić information content (AvgIpc) is 2.74. The Hall–Kier alpha value is -0.740. The van der Waals surface area contributed by atoms with Crippen LogP contribution in [0.3, 0.4) is 0 Å². The van der Waals surface area contributed by atoms with Crippen LogP contribution in [0.5, 0.6) is 0 Å². The first-order chi connectivity index (χ1) is 7.70. The Bertz CT molecular complexity index is 457. The molecule has 0 amide bonds. The molecule has 2 N–H and O–H groups in total. The van der Waals surface area contributed by atoms with E-state index in [9.17, 15) is 0 Å². The fourth-order valence-corrected chi connectivity index (χ4v) is 2.07.